The molecule has 1 saturated heterocycles. The average Bonchev–Trinajstić information content (AvgIpc) is 1.70. The summed E-state index contributed by atoms with van der Waals surface area (Å²) in [5.41, 5.74) is 13.2. The van der Waals surface area contributed by atoms with Gasteiger partial charge in [0.25, 0.3) is 11.8 Å². The predicted molar refractivity (Wildman–Crippen MR) is 445 cm³/mol. The summed E-state index contributed by atoms with van der Waals surface area (Å²) in [5, 5.41) is 17.1. The van der Waals surface area contributed by atoms with E-state index in [4.69, 9.17) is 150 Å². The Bertz CT molecular complexity index is 2510. The van der Waals surface area contributed by atoms with E-state index in [0.29, 0.717) is 303 Å². The van der Waals surface area contributed by atoms with Gasteiger partial charge >= 0.3 is 0 Å². The number of terminal acetylenes is 6. The summed E-state index contributed by atoms with van der Waals surface area (Å²) in [6, 6.07) is 0. The summed E-state index contributed by atoms with van der Waals surface area (Å²) in [6.07, 6.45) is 36.5. The zero-order valence-corrected chi connectivity index (χ0v) is 71.5. The minimum absolute atomic E-state index is 0.0375. The van der Waals surface area contributed by atoms with Crippen LogP contribution in [0.1, 0.15) is 93.9 Å². The van der Waals surface area contributed by atoms with Gasteiger partial charge in [0.05, 0.1) is 238 Å². The van der Waals surface area contributed by atoms with Gasteiger partial charge < -0.3 is 116 Å². The molecule has 35 nitrogen and oxygen atoms in total. The lowest BCUT2D eigenvalue weighted by Gasteiger charge is -2.14. The third kappa shape index (κ3) is 107. The maximum Gasteiger partial charge on any atom is 0.253 e. The minimum Gasteiger partial charge on any atom is -0.394 e. The second-order valence-electron chi connectivity index (χ2n) is 21.7. The molecule has 0 spiro atoms. The summed E-state index contributed by atoms with van der Waals surface area (Å²) >= 11 is 0. The molecule has 0 bridgehead atoms. The third-order valence-corrected chi connectivity index (χ3v) is 12.8. The van der Waals surface area contributed by atoms with Crippen molar-refractivity contribution in [2.45, 2.75) is 93.9 Å². The first-order chi connectivity index (χ1) is 57.3. The lowest BCUT2D eigenvalue weighted by molar-refractivity contribution is -0.141. The number of rotatable bonds is 70. The highest BCUT2D eigenvalue weighted by atomic mass is 16.6. The molecule has 1 atom stereocenters. The van der Waals surface area contributed by atoms with E-state index in [1.807, 2.05) is 48.5 Å². The van der Waals surface area contributed by atoms with E-state index in [-0.39, 0.29) is 67.7 Å². The molecule has 0 radical (unpaired) electrons. The van der Waals surface area contributed by atoms with Crippen molar-refractivity contribution in [3.8, 4) is 74.1 Å². The predicted octanol–water partition coefficient (Wildman–Crippen LogP) is 3.91. The molecule has 0 aromatic rings. The van der Waals surface area contributed by atoms with Crippen LogP contribution < -0.4 is 16.4 Å². The number of hydrogen-bond donors (Lipinski definition) is 4. The van der Waals surface area contributed by atoms with Crippen LogP contribution in [-0.2, 0) is 124 Å². The van der Waals surface area contributed by atoms with Crippen molar-refractivity contribution in [2.75, 3.05) is 310 Å². The van der Waals surface area contributed by atoms with E-state index in [9.17, 15) is 28.8 Å². The molecule has 0 saturated carbocycles. The van der Waals surface area contributed by atoms with Crippen LogP contribution in [0.2, 0.25) is 0 Å². The van der Waals surface area contributed by atoms with Gasteiger partial charge in [0.2, 0.25) is 23.6 Å². The van der Waals surface area contributed by atoms with Crippen LogP contribution in [0.5, 0.6) is 0 Å². The molecule has 0 aliphatic carbocycles. The van der Waals surface area contributed by atoms with Crippen molar-refractivity contribution in [2.24, 2.45) is 16.8 Å². The molecule has 117 heavy (non-hydrogen) atoms. The van der Waals surface area contributed by atoms with Crippen LogP contribution in [0, 0.1) is 80.0 Å². The molecule has 2 aliphatic heterocycles. The zero-order valence-electron chi connectivity index (χ0n) is 71.5. The molecule has 5 N–H and O–H groups in total. The summed E-state index contributed by atoms with van der Waals surface area (Å²) in [6.45, 7) is 37.1. The number of carbonyl (C=O) groups excluding carboxylic acids is 6. The van der Waals surface area contributed by atoms with Crippen LogP contribution in [0.25, 0.3) is 10.4 Å². The van der Waals surface area contributed by atoms with E-state index in [2.05, 4.69) is 63.1 Å². The summed E-state index contributed by atoms with van der Waals surface area (Å²) in [4.78, 5) is 72.8. The molecular weight excluding hydrogens is 1530 g/mol. The molecule has 6 amide bonds. The van der Waals surface area contributed by atoms with Gasteiger partial charge in [-0.05, 0) is 24.8 Å². The van der Waals surface area contributed by atoms with Gasteiger partial charge in [0.15, 0.2) is 0 Å². The zero-order chi connectivity index (χ0) is 88.3. The molecule has 2 rings (SSSR count). The van der Waals surface area contributed by atoms with E-state index >= 15 is 0 Å². The Morgan fingerprint density at radius 2 is 0.718 bits per heavy atom. The van der Waals surface area contributed by atoms with E-state index < -0.39 is 0 Å². The number of carbonyl (C=O) groups is 6. The Balaban J connectivity index is -0.000000242. The number of amides is 6. The number of likely N-dealkylation sites (tertiary alicyclic amines) is 1. The maximum atomic E-state index is 11.8. The van der Waals surface area contributed by atoms with E-state index in [1.54, 1.807) is 0 Å². The Labute approximate surface area is 699 Å². The molecular formula is C82H144N8O27. The highest BCUT2D eigenvalue weighted by molar-refractivity contribution is 6.12. The summed E-state index contributed by atoms with van der Waals surface area (Å²) in [7, 11) is 0. The van der Waals surface area contributed by atoms with Crippen LogP contribution in [0.15, 0.2) is 17.3 Å². The second-order valence-corrected chi connectivity index (χ2v) is 21.7. The van der Waals surface area contributed by atoms with Crippen LogP contribution in [0.3, 0.4) is 0 Å². The molecule has 35 heteroatoms. The Kier molecular flexibility index (Phi) is 121. The topological polar surface area (TPSA) is 413 Å². The number of nitrogens with two attached hydrogens (primary N) is 1. The van der Waals surface area contributed by atoms with Gasteiger partial charge in [-0.1, -0.05) is 96.0 Å². The van der Waals surface area contributed by atoms with Crippen molar-refractivity contribution < 1.29 is 129 Å². The van der Waals surface area contributed by atoms with Gasteiger partial charge in [-0.2, -0.15) is 0 Å². The molecule has 2 heterocycles. The fraction of sp³-hybridized carbons (Fsp3) is 0.756. The van der Waals surface area contributed by atoms with Crippen molar-refractivity contribution in [3.05, 3.63) is 22.6 Å². The van der Waals surface area contributed by atoms with Crippen molar-refractivity contribution >= 4 is 35.4 Å². The fourth-order valence-corrected chi connectivity index (χ4v) is 7.42. The van der Waals surface area contributed by atoms with Gasteiger partial charge in [-0.15, -0.1) is 38.5 Å². The normalized spacial score (nSPS) is 11.8. The number of nitrogens with one attached hydrogen (secondary N) is 2. The Morgan fingerprint density at radius 3 is 1.01 bits per heavy atom. The highest BCUT2D eigenvalue weighted by Crippen LogP contribution is 2.21. The van der Waals surface area contributed by atoms with Gasteiger partial charge in [-0.3, -0.25) is 38.6 Å². The van der Waals surface area contributed by atoms with Gasteiger partial charge in [-0.25, -0.2) is 0 Å². The highest BCUT2D eigenvalue weighted by Gasteiger charge is 2.36. The largest absolute Gasteiger partial charge is 0.394 e. The quantitative estimate of drug-likeness (QED) is 0.0167. The lowest BCUT2D eigenvalue weighted by atomic mass is 10.1. The van der Waals surface area contributed by atoms with Crippen LogP contribution >= 0.6 is 0 Å². The third-order valence-electron chi connectivity index (χ3n) is 12.8. The van der Waals surface area contributed by atoms with Crippen LogP contribution in [0.4, 0.5) is 0 Å². The molecule has 2 aliphatic rings. The molecule has 674 valence electrons. The van der Waals surface area contributed by atoms with Crippen LogP contribution in [-0.4, -0.2) is 361 Å². The first-order valence-electron chi connectivity index (χ1n) is 39.7. The van der Waals surface area contributed by atoms with E-state index in [0.717, 1.165) is 24.3 Å². The SMILES string of the molecule is C#CCOCCOCCOCCN.C#CCOCCOCCOCCN1C(=O)C=CC1=O.C#CCOCCOCCOCCN1C(=O)CC(CC)C1=O.C#CCOCCOCCOCCN=[N+]=[N-].C#CCOCCOCCOCCNC(=O)CC.C#CCOCCOCCOCCNC(=O)CCC.CC.CC.CCCOCCOCCO. The van der Waals surface area contributed by atoms with Crippen molar-refractivity contribution in [1.82, 2.24) is 20.4 Å². The van der Waals surface area contributed by atoms with Gasteiger partial charge in [0, 0.05) is 75.0 Å². The van der Waals surface area contributed by atoms with Gasteiger partial charge in [0.1, 0.15) is 39.6 Å². The maximum absolute atomic E-state index is 11.8. The molecule has 1 fully saturated rings. The molecule has 0 aromatic carbocycles. The number of imide groups is 2. The first-order valence-corrected chi connectivity index (χ1v) is 39.7. The molecule has 1 unspecified atom stereocenters. The lowest BCUT2D eigenvalue weighted by Crippen LogP contribution is -2.34. The number of azide groups is 1. The number of hydrogen-bond acceptors (Lipinski definition) is 29. The first kappa shape index (κ1) is 123. The number of nitrogens with zero attached hydrogens (tertiary/aromatic N) is 5. The second kappa shape index (κ2) is 115. The Morgan fingerprint density at radius 1 is 0.427 bits per heavy atom. The number of ether oxygens (including phenoxy) is 20. The fourth-order valence-electron chi connectivity index (χ4n) is 7.42. The Hall–Kier alpha value is -7.25. The average molecular weight is 1670 g/mol. The summed E-state index contributed by atoms with van der Waals surface area (Å²) < 4.78 is 103. The number of aliphatic hydroxyl groups is 1. The summed E-state index contributed by atoms with van der Waals surface area (Å²) in [5.74, 6) is 13.4. The molecule has 0 aromatic heterocycles. The van der Waals surface area contributed by atoms with Crippen molar-refractivity contribution in [1.29, 1.82) is 0 Å². The standard InChI is InChI=1S/C15H23NO5.C13H17NO5.C13H23NO4.C12H21NO4.C9H15N3O3.C9H17NO3.C7H16O3.2C2H6/c1-3-6-19-8-10-21-11-9-20-7-5-16-14(17)12-13(4-2)15(16)18;1-2-6-17-8-10-19-11-9-18-7-5-14-12(15)3-4-13(14)16;1-3-5-13(15)14-6-8-17-10-12-18-11-9-16-7-4-2;1-3-6-15-8-10-17-11-9-16-7-5-13-12(14)4-2;1-2-4-13-6-8-15-9-7-14-5-3-11-12-10;1-2-4-11-6-8-13-9-7-12-5-3-10;1-2-4-9-6-7-10-5-3-8;2*1-2/h1,13H,4-12H2,2H3;1,3-4H,5-11H2;2H,3,5-12H2,1H3,(H,14,15);1H,4-11H2,2H3,(H,13,14);1H,3-9H2;1H,3-10H2;8H,2-7H2,1H3;2*1-2H3. The van der Waals surface area contributed by atoms with Crippen molar-refractivity contribution in [3.63, 3.8) is 0 Å². The smallest absolute Gasteiger partial charge is 0.253 e. The minimum atomic E-state index is -0.296. The number of aliphatic hydroxyl groups excluding tert-OH is 1. The van der Waals surface area contributed by atoms with E-state index in [1.165, 1.54) is 17.1 Å². The monoisotopic (exact) mass is 1670 g/mol.